The van der Waals surface area contributed by atoms with Gasteiger partial charge in [-0.3, -0.25) is 0 Å². The maximum atomic E-state index is 11.6. The second kappa shape index (κ2) is 4.30. The quantitative estimate of drug-likeness (QED) is 0.802. The van der Waals surface area contributed by atoms with Crippen molar-refractivity contribution in [2.24, 2.45) is 5.41 Å². The lowest BCUT2D eigenvalue weighted by atomic mass is 10.0. The number of rotatable bonds is 5. The van der Waals surface area contributed by atoms with Gasteiger partial charge in [0, 0.05) is 18.8 Å². The van der Waals surface area contributed by atoms with Crippen LogP contribution in [0.25, 0.3) is 0 Å². The molecular weight excluding hydrogens is 222 g/mol. The molecule has 2 atom stereocenters. The molecule has 0 amide bonds. The van der Waals surface area contributed by atoms with Crippen molar-refractivity contribution in [1.82, 2.24) is 5.32 Å². The van der Waals surface area contributed by atoms with Crippen LogP contribution in [0.15, 0.2) is 0 Å². The number of nitrogens with one attached hydrogen (secondary N) is 1. The summed E-state index contributed by atoms with van der Waals surface area (Å²) in [6.45, 7) is 3.25. The van der Waals surface area contributed by atoms with Gasteiger partial charge in [0.05, 0.1) is 5.25 Å². The van der Waals surface area contributed by atoms with E-state index in [0.717, 1.165) is 25.8 Å². The smallest absolute Gasteiger partial charge is 0.151 e. The van der Waals surface area contributed by atoms with Gasteiger partial charge in [-0.1, -0.05) is 13.3 Å². The molecule has 94 valence electrons. The molecule has 2 unspecified atom stereocenters. The minimum absolute atomic E-state index is 0.139. The molecule has 0 aromatic rings. The third kappa shape index (κ3) is 2.59. The lowest BCUT2D eigenvalue weighted by Gasteiger charge is -2.22. The lowest BCUT2D eigenvalue weighted by Crippen LogP contribution is -2.42. The molecule has 0 spiro atoms. The van der Waals surface area contributed by atoms with Crippen LogP contribution in [0.2, 0.25) is 0 Å². The van der Waals surface area contributed by atoms with Crippen LogP contribution >= 0.6 is 0 Å². The van der Waals surface area contributed by atoms with E-state index < -0.39 is 9.84 Å². The second-order valence-corrected chi connectivity index (χ2v) is 7.90. The molecule has 0 aromatic carbocycles. The minimum atomic E-state index is -2.87. The zero-order chi connectivity index (χ0) is 11.8. The van der Waals surface area contributed by atoms with Crippen LogP contribution in [0.3, 0.4) is 0 Å². The van der Waals surface area contributed by atoms with Crippen LogP contribution in [-0.2, 0) is 9.84 Å². The van der Waals surface area contributed by atoms with Crippen molar-refractivity contribution in [1.29, 1.82) is 0 Å². The molecule has 0 bridgehead atoms. The monoisotopic (exact) mass is 245 g/mol. The van der Waals surface area contributed by atoms with Crippen molar-refractivity contribution in [3.63, 3.8) is 0 Å². The Balaban J connectivity index is 1.89. The van der Waals surface area contributed by atoms with Gasteiger partial charge in [0.2, 0.25) is 0 Å². The maximum absolute atomic E-state index is 11.6. The molecule has 2 saturated carbocycles. The van der Waals surface area contributed by atoms with Crippen LogP contribution in [0.4, 0.5) is 0 Å². The third-order valence-electron chi connectivity index (χ3n) is 4.45. The Bertz CT molecular complexity index is 346. The first kappa shape index (κ1) is 12.4. The first-order chi connectivity index (χ1) is 7.47. The average Bonchev–Trinajstić information content (AvgIpc) is 2.83. The molecule has 0 saturated heterocycles. The van der Waals surface area contributed by atoms with Crippen LogP contribution in [0.5, 0.6) is 0 Å². The Hall–Kier alpha value is -0.0900. The van der Waals surface area contributed by atoms with E-state index in [1.54, 1.807) is 0 Å². The molecule has 0 radical (unpaired) electrons. The summed E-state index contributed by atoms with van der Waals surface area (Å²) in [5, 5.41) is 3.37. The molecule has 16 heavy (non-hydrogen) atoms. The van der Waals surface area contributed by atoms with E-state index in [0.29, 0.717) is 5.41 Å². The summed E-state index contributed by atoms with van der Waals surface area (Å²) in [7, 11) is -2.87. The largest absolute Gasteiger partial charge is 0.312 e. The Labute approximate surface area is 98.9 Å². The molecule has 3 nitrogen and oxygen atoms in total. The van der Waals surface area contributed by atoms with Crippen LogP contribution in [-0.4, -0.2) is 32.5 Å². The van der Waals surface area contributed by atoms with Crippen LogP contribution in [0, 0.1) is 5.41 Å². The highest BCUT2D eigenvalue weighted by Crippen LogP contribution is 2.48. The molecule has 4 heteroatoms. The van der Waals surface area contributed by atoms with E-state index in [4.69, 9.17) is 0 Å². The fraction of sp³-hybridized carbons (Fsp3) is 1.00. The SMILES string of the molecule is CCC1(CNC2CCCC2S(C)(=O)=O)CC1. The first-order valence-corrected chi connectivity index (χ1v) is 8.35. The Morgan fingerprint density at radius 2 is 2.00 bits per heavy atom. The highest BCUT2D eigenvalue weighted by atomic mass is 32.2. The van der Waals surface area contributed by atoms with Gasteiger partial charge in [-0.25, -0.2) is 8.42 Å². The van der Waals surface area contributed by atoms with E-state index in [9.17, 15) is 8.42 Å². The van der Waals surface area contributed by atoms with E-state index in [-0.39, 0.29) is 11.3 Å². The zero-order valence-electron chi connectivity index (χ0n) is 10.3. The van der Waals surface area contributed by atoms with Gasteiger partial charge >= 0.3 is 0 Å². The zero-order valence-corrected chi connectivity index (χ0v) is 11.1. The summed E-state index contributed by atoms with van der Waals surface area (Å²) >= 11 is 0. The number of hydrogen-bond donors (Lipinski definition) is 1. The lowest BCUT2D eigenvalue weighted by molar-refractivity contribution is 0.400. The molecular formula is C12H23NO2S. The molecule has 0 aliphatic heterocycles. The second-order valence-electron chi connectivity index (χ2n) is 5.64. The Morgan fingerprint density at radius 1 is 1.31 bits per heavy atom. The van der Waals surface area contributed by atoms with Gasteiger partial charge in [-0.2, -0.15) is 0 Å². The number of sulfone groups is 1. The summed E-state index contributed by atoms with van der Waals surface area (Å²) < 4.78 is 23.2. The van der Waals surface area contributed by atoms with E-state index in [2.05, 4.69) is 12.2 Å². The molecule has 2 aliphatic rings. The summed E-state index contributed by atoms with van der Waals surface area (Å²) in [5.74, 6) is 0. The molecule has 1 N–H and O–H groups in total. The van der Waals surface area contributed by atoms with Crippen molar-refractivity contribution >= 4 is 9.84 Å². The van der Waals surface area contributed by atoms with Crippen LogP contribution in [0.1, 0.15) is 45.4 Å². The highest BCUT2D eigenvalue weighted by Gasteiger charge is 2.42. The van der Waals surface area contributed by atoms with E-state index in [1.165, 1.54) is 25.5 Å². The predicted octanol–water partition coefficient (Wildman–Crippen LogP) is 1.73. The van der Waals surface area contributed by atoms with Gasteiger partial charge in [0.25, 0.3) is 0 Å². The first-order valence-electron chi connectivity index (χ1n) is 6.39. The van der Waals surface area contributed by atoms with E-state index >= 15 is 0 Å². The standard InChI is InChI=1S/C12H23NO2S/c1-3-12(7-8-12)9-13-10-5-4-6-11(10)16(2,14)15/h10-11,13H,3-9H2,1-2H3. The summed E-state index contributed by atoms with van der Waals surface area (Å²) in [4.78, 5) is 0. The van der Waals surface area contributed by atoms with E-state index in [1.807, 2.05) is 0 Å². The molecule has 2 fully saturated rings. The topological polar surface area (TPSA) is 46.2 Å². The fourth-order valence-electron chi connectivity index (χ4n) is 2.85. The summed E-state index contributed by atoms with van der Waals surface area (Å²) in [6.07, 6.45) is 8.14. The third-order valence-corrected chi connectivity index (χ3v) is 6.11. The summed E-state index contributed by atoms with van der Waals surface area (Å²) in [6, 6.07) is 0.207. The van der Waals surface area contributed by atoms with Gasteiger partial charge in [0.1, 0.15) is 0 Å². The normalized spacial score (nSPS) is 32.9. The van der Waals surface area contributed by atoms with Crippen molar-refractivity contribution < 1.29 is 8.42 Å². The van der Waals surface area contributed by atoms with Crippen molar-refractivity contribution in [3.05, 3.63) is 0 Å². The van der Waals surface area contributed by atoms with Crippen molar-refractivity contribution in [2.75, 3.05) is 12.8 Å². The van der Waals surface area contributed by atoms with Crippen LogP contribution < -0.4 is 5.32 Å². The Morgan fingerprint density at radius 3 is 2.50 bits per heavy atom. The van der Waals surface area contributed by atoms with Crippen molar-refractivity contribution in [2.45, 2.75) is 56.7 Å². The Kier molecular flexibility index (Phi) is 3.32. The summed E-state index contributed by atoms with van der Waals surface area (Å²) in [5.41, 5.74) is 0.505. The molecule has 2 aliphatic carbocycles. The maximum Gasteiger partial charge on any atom is 0.151 e. The van der Waals surface area contributed by atoms with Crippen molar-refractivity contribution in [3.8, 4) is 0 Å². The average molecular weight is 245 g/mol. The van der Waals surface area contributed by atoms with Gasteiger partial charge in [0.15, 0.2) is 9.84 Å². The molecule has 0 heterocycles. The van der Waals surface area contributed by atoms with Gasteiger partial charge in [-0.05, 0) is 37.5 Å². The number of hydrogen-bond acceptors (Lipinski definition) is 3. The van der Waals surface area contributed by atoms with Gasteiger partial charge in [-0.15, -0.1) is 0 Å². The highest BCUT2D eigenvalue weighted by molar-refractivity contribution is 7.91. The fourth-order valence-corrected chi connectivity index (χ4v) is 4.28. The minimum Gasteiger partial charge on any atom is -0.312 e. The van der Waals surface area contributed by atoms with Gasteiger partial charge < -0.3 is 5.32 Å². The molecule has 2 rings (SSSR count). The molecule has 0 aromatic heterocycles. The predicted molar refractivity (Wildman–Crippen MR) is 66.2 cm³/mol.